The van der Waals surface area contributed by atoms with Gasteiger partial charge in [-0.05, 0) is 61.7 Å². The molecule has 1 fully saturated rings. The van der Waals surface area contributed by atoms with E-state index in [1.807, 2.05) is 11.3 Å². The van der Waals surface area contributed by atoms with Crippen LogP contribution >= 0.6 is 11.3 Å². The number of thiophene rings is 1. The third-order valence-corrected chi connectivity index (χ3v) is 6.57. The van der Waals surface area contributed by atoms with E-state index in [9.17, 15) is 0 Å². The van der Waals surface area contributed by atoms with Gasteiger partial charge in [0.2, 0.25) is 0 Å². The molecule has 0 radical (unpaired) electrons. The van der Waals surface area contributed by atoms with Crippen molar-refractivity contribution in [2.24, 2.45) is 0 Å². The van der Waals surface area contributed by atoms with Crippen LogP contribution in [0.4, 0.5) is 0 Å². The Morgan fingerprint density at radius 2 is 2.10 bits per heavy atom. The molecule has 0 saturated carbocycles. The van der Waals surface area contributed by atoms with Crippen LogP contribution in [0.1, 0.15) is 48.1 Å². The maximum Gasteiger partial charge on any atom is 0.0435 e. The molecule has 110 valence electrons. The summed E-state index contributed by atoms with van der Waals surface area (Å²) in [7, 11) is 0. The molecule has 2 heterocycles. The van der Waals surface area contributed by atoms with E-state index in [-0.39, 0.29) is 5.54 Å². The second-order valence-electron chi connectivity index (χ2n) is 6.73. The van der Waals surface area contributed by atoms with Gasteiger partial charge in [0.1, 0.15) is 0 Å². The van der Waals surface area contributed by atoms with Gasteiger partial charge in [-0.25, -0.2) is 0 Å². The van der Waals surface area contributed by atoms with E-state index in [1.54, 1.807) is 16.0 Å². The Balaban J connectivity index is 1.62. The first-order valence-corrected chi connectivity index (χ1v) is 9.02. The van der Waals surface area contributed by atoms with E-state index in [2.05, 4.69) is 53.6 Å². The van der Waals surface area contributed by atoms with Crippen molar-refractivity contribution >= 4 is 11.3 Å². The molecule has 0 N–H and O–H groups in total. The van der Waals surface area contributed by atoms with Crippen LogP contribution in [0.2, 0.25) is 0 Å². The van der Waals surface area contributed by atoms with Gasteiger partial charge >= 0.3 is 0 Å². The summed E-state index contributed by atoms with van der Waals surface area (Å²) in [6.07, 6.45) is 5.21. The Labute approximate surface area is 131 Å². The summed E-state index contributed by atoms with van der Waals surface area (Å²) in [6, 6.07) is 13.6. The highest BCUT2D eigenvalue weighted by Gasteiger charge is 2.41. The summed E-state index contributed by atoms with van der Waals surface area (Å²) in [5.74, 6) is 0.746. The predicted molar refractivity (Wildman–Crippen MR) is 90.0 cm³/mol. The van der Waals surface area contributed by atoms with Crippen LogP contribution in [-0.4, -0.2) is 18.0 Å². The average molecular weight is 297 g/mol. The quantitative estimate of drug-likeness (QED) is 0.770. The minimum absolute atomic E-state index is 0.251. The van der Waals surface area contributed by atoms with Crippen molar-refractivity contribution in [3.63, 3.8) is 0 Å². The molecule has 2 unspecified atom stereocenters. The molecule has 2 aromatic rings. The lowest BCUT2D eigenvalue weighted by molar-refractivity contribution is 0.112. The number of fused-ring (bicyclic) bond motifs is 1. The third-order valence-electron chi connectivity index (χ3n) is 5.54. The molecule has 1 nitrogen and oxygen atoms in total. The van der Waals surface area contributed by atoms with Gasteiger partial charge in [-0.15, -0.1) is 11.3 Å². The Kier molecular flexibility index (Phi) is 3.39. The fourth-order valence-electron chi connectivity index (χ4n) is 4.31. The number of benzene rings is 1. The van der Waals surface area contributed by atoms with Gasteiger partial charge in [-0.3, -0.25) is 4.90 Å². The molecule has 0 bridgehead atoms. The highest BCUT2D eigenvalue weighted by atomic mass is 32.1. The summed E-state index contributed by atoms with van der Waals surface area (Å²) in [4.78, 5) is 4.33. The van der Waals surface area contributed by atoms with Crippen molar-refractivity contribution in [2.45, 2.75) is 44.1 Å². The number of aryl methyl sites for hydroxylation is 1. The summed E-state index contributed by atoms with van der Waals surface area (Å²) >= 11 is 1.93. The van der Waals surface area contributed by atoms with Crippen LogP contribution < -0.4 is 0 Å². The summed E-state index contributed by atoms with van der Waals surface area (Å²) in [6.45, 7) is 4.94. The molecule has 1 saturated heterocycles. The fraction of sp³-hybridized carbons (Fsp3) is 0.474. The number of nitrogens with zero attached hydrogens (tertiary/aromatic N) is 1. The zero-order valence-electron chi connectivity index (χ0n) is 12.7. The molecule has 1 aliphatic carbocycles. The summed E-state index contributed by atoms with van der Waals surface area (Å²) in [5.41, 5.74) is 3.41. The smallest absolute Gasteiger partial charge is 0.0435 e. The van der Waals surface area contributed by atoms with E-state index in [0.717, 1.165) is 5.92 Å². The average Bonchev–Trinajstić information content (AvgIpc) is 3.19. The van der Waals surface area contributed by atoms with Crippen molar-refractivity contribution in [3.05, 3.63) is 57.8 Å². The van der Waals surface area contributed by atoms with Crippen LogP contribution in [0.3, 0.4) is 0 Å². The second kappa shape index (κ2) is 5.26. The molecule has 4 rings (SSSR count). The first kappa shape index (κ1) is 13.5. The maximum absolute atomic E-state index is 2.76. The van der Waals surface area contributed by atoms with Gasteiger partial charge in [-0.2, -0.15) is 0 Å². The topological polar surface area (TPSA) is 3.24 Å². The van der Waals surface area contributed by atoms with Crippen LogP contribution in [0.25, 0.3) is 0 Å². The Morgan fingerprint density at radius 1 is 1.19 bits per heavy atom. The Hall–Kier alpha value is -1.12. The van der Waals surface area contributed by atoms with Crippen LogP contribution in [0, 0.1) is 0 Å². The van der Waals surface area contributed by atoms with Crippen LogP contribution in [0.15, 0.2) is 41.8 Å². The lowest BCUT2D eigenvalue weighted by Crippen LogP contribution is -2.44. The normalized spacial score (nSPS) is 29.5. The molecule has 2 atom stereocenters. The highest BCUT2D eigenvalue weighted by Crippen LogP contribution is 2.44. The fourth-order valence-corrected chi connectivity index (χ4v) is 5.17. The van der Waals surface area contributed by atoms with E-state index >= 15 is 0 Å². The van der Waals surface area contributed by atoms with E-state index in [4.69, 9.17) is 0 Å². The molecule has 1 aromatic carbocycles. The largest absolute Gasteiger partial charge is 0.293 e. The molecule has 0 amide bonds. The lowest BCUT2D eigenvalue weighted by atomic mass is 9.76. The molecule has 2 heteroatoms. The Bertz CT molecular complexity index is 618. The van der Waals surface area contributed by atoms with Gasteiger partial charge in [0.05, 0.1) is 0 Å². The van der Waals surface area contributed by atoms with E-state index < -0.39 is 0 Å². The summed E-state index contributed by atoms with van der Waals surface area (Å²) < 4.78 is 0. The zero-order valence-corrected chi connectivity index (χ0v) is 13.5. The maximum atomic E-state index is 2.76. The minimum Gasteiger partial charge on any atom is -0.293 e. The molecule has 1 aliphatic heterocycles. The van der Waals surface area contributed by atoms with Crippen molar-refractivity contribution < 1.29 is 0 Å². The van der Waals surface area contributed by atoms with Crippen molar-refractivity contribution in [3.8, 4) is 0 Å². The molecule has 1 aromatic heterocycles. The van der Waals surface area contributed by atoms with E-state index in [1.165, 1.54) is 38.8 Å². The third kappa shape index (κ3) is 2.25. The molecule has 21 heavy (non-hydrogen) atoms. The van der Waals surface area contributed by atoms with Gasteiger partial charge in [0.25, 0.3) is 0 Å². The molecular weight excluding hydrogens is 274 g/mol. The van der Waals surface area contributed by atoms with Crippen molar-refractivity contribution in [2.75, 3.05) is 13.1 Å². The number of hydrogen-bond acceptors (Lipinski definition) is 2. The van der Waals surface area contributed by atoms with E-state index in [0.29, 0.717) is 0 Å². The predicted octanol–water partition coefficient (Wildman–Crippen LogP) is 4.79. The number of hydrogen-bond donors (Lipinski definition) is 0. The monoisotopic (exact) mass is 297 g/mol. The van der Waals surface area contributed by atoms with Crippen molar-refractivity contribution in [1.29, 1.82) is 0 Å². The van der Waals surface area contributed by atoms with Crippen LogP contribution in [-0.2, 0) is 12.0 Å². The lowest BCUT2D eigenvalue weighted by Gasteiger charge is -2.43. The Morgan fingerprint density at radius 3 is 2.95 bits per heavy atom. The minimum atomic E-state index is 0.251. The molecule has 2 aliphatic rings. The SMILES string of the molecule is CC1(N2CCC(c3cccs3)C2)CCCc2ccccc21. The first-order chi connectivity index (χ1) is 10.3. The number of likely N-dealkylation sites (tertiary alicyclic amines) is 1. The standard InChI is InChI=1S/C19H23NS/c1-19(11-4-7-15-6-2-3-8-17(15)19)20-12-10-16(14-20)18-9-5-13-21-18/h2-3,5-6,8-9,13,16H,4,7,10-12,14H2,1H3. The van der Waals surface area contributed by atoms with Gasteiger partial charge in [0.15, 0.2) is 0 Å². The second-order valence-corrected chi connectivity index (χ2v) is 7.71. The van der Waals surface area contributed by atoms with Crippen LogP contribution in [0.5, 0.6) is 0 Å². The molecular formula is C19H23NS. The van der Waals surface area contributed by atoms with Gasteiger partial charge < -0.3 is 0 Å². The zero-order chi connectivity index (χ0) is 14.3. The summed E-state index contributed by atoms with van der Waals surface area (Å²) in [5, 5.41) is 2.22. The first-order valence-electron chi connectivity index (χ1n) is 8.14. The van der Waals surface area contributed by atoms with Gasteiger partial charge in [-0.1, -0.05) is 30.3 Å². The molecule has 0 spiro atoms. The van der Waals surface area contributed by atoms with Gasteiger partial charge in [0, 0.05) is 22.9 Å². The van der Waals surface area contributed by atoms with Crippen molar-refractivity contribution in [1.82, 2.24) is 4.90 Å². The number of rotatable bonds is 2. The highest BCUT2D eigenvalue weighted by molar-refractivity contribution is 7.10.